The summed E-state index contributed by atoms with van der Waals surface area (Å²) in [5.41, 5.74) is 1.47. The minimum Gasteiger partial charge on any atom is -0.292 e. The second kappa shape index (κ2) is 3.91. The summed E-state index contributed by atoms with van der Waals surface area (Å²) in [5.74, 6) is -5.50. The molecule has 0 aromatic carbocycles. The van der Waals surface area contributed by atoms with Crippen LogP contribution in [0.1, 0.15) is 23.8 Å². The predicted molar refractivity (Wildman–Crippen MR) is 46.7 cm³/mol. The number of hydrogen-bond acceptors (Lipinski definition) is 4. The van der Waals surface area contributed by atoms with E-state index in [0.717, 1.165) is 0 Å². The van der Waals surface area contributed by atoms with Gasteiger partial charge in [0.1, 0.15) is 5.69 Å². The predicted octanol–water partition coefficient (Wildman–Crippen LogP) is 1.94. The Balaban J connectivity index is 2.63. The summed E-state index contributed by atoms with van der Waals surface area (Å²) in [7, 11) is 0. The van der Waals surface area contributed by atoms with E-state index in [2.05, 4.69) is 4.98 Å². The third-order valence-corrected chi connectivity index (χ3v) is 2.12. The highest BCUT2D eigenvalue weighted by Gasteiger charge is 2.33. The maximum Gasteiger partial charge on any atom is 0.303 e. The standard InChI is InChI=1S/C8H7F2NO2S/c1-8(9,10)7(13)2-6(12)5-3-14-4-11-5/h3-4H,2H2,1H3. The van der Waals surface area contributed by atoms with Crippen molar-refractivity contribution in [1.82, 2.24) is 4.98 Å². The van der Waals surface area contributed by atoms with Gasteiger partial charge in [-0.05, 0) is 0 Å². The first-order valence-corrected chi connectivity index (χ1v) is 4.68. The number of Topliss-reactive ketones (excluding diaryl/α,β-unsaturated/α-hetero) is 2. The van der Waals surface area contributed by atoms with Crippen LogP contribution in [0.4, 0.5) is 8.78 Å². The average molecular weight is 219 g/mol. The van der Waals surface area contributed by atoms with Gasteiger partial charge in [0, 0.05) is 12.3 Å². The van der Waals surface area contributed by atoms with Gasteiger partial charge in [0.25, 0.3) is 0 Å². The number of aromatic nitrogens is 1. The van der Waals surface area contributed by atoms with Gasteiger partial charge >= 0.3 is 5.92 Å². The molecule has 0 bridgehead atoms. The van der Waals surface area contributed by atoms with Crippen LogP contribution in [-0.2, 0) is 4.79 Å². The Morgan fingerprint density at radius 1 is 1.57 bits per heavy atom. The zero-order valence-electron chi connectivity index (χ0n) is 7.29. The molecule has 1 rings (SSSR count). The number of halogens is 2. The molecule has 3 nitrogen and oxygen atoms in total. The molecule has 1 aromatic rings. The van der Waals surface area contributed by atoms with Gasteiger partial charge in [0.05, 0.1) is 11.9 Å². The number of hydrogen-bond donors (Lipinski definition) is 0. The van der Waals surface area contributed by atoms with Crippen LogP contribution in [-0.4, -0.2) is 22.5 Å². The lowest BCUT2D eigenvalue weighted by molar-refractivity contribution is -0.139. The fourth-order valence-electron chi connectivity index (χ4n) is 0.742. The first kappa shape index (κ1) is 10.9. The molecule has 0 aliphatic heterocycles. The number of nitrogens with zero attached hydrogens (tertiary/aromatic N) is 1. The lowest BCUT2D eigenvalue weighted by Gasteiger charge is -2.06. The number of alkyl halides is 2. The van der Waals surface area contributed by atoms with Crippen molar-refractivity contribution in [3.8, 4) is 0 Å². The minimum atomic E-state index is -3.45. The third-order valence-electron chi connectivity index (χ3n) is 1.53. The van der Waals surface area contributed by atoms with Gasteiger partial charge in [-0.3, -0.25) is 9.59 Å². The van der Waals surface area contributed by atoms with Gasteiger partial charge in [-0.15, -0.1) is 11.3 Å². The van der Waals surface area contributed by atoms with Crippen molar-refractivity contribution in [2.75, 3.05) is 0 Å². The highest BCUT2D eigenvalue weighted by Crippen LogP contribution is 2.16. The SMILES string of the molecule is CC(F)(F)C(=O)CC(=O)c1cscn1. The Bertz CT molecular complexity index is 343. The molecule has 1 heterocycles. The molecule has 0 N–H and O–H groups in total. The van der Waals surface area contributed by atoms with Crippen LogP contribution in [0, 0.1) is 0 Å². The fourth-order valence-corrected chi connectivity index (χ4v) is 1.30. The van der Waals surface area contributed by atoms with Crippen molar-refractivity contribution in [3.05, 3.63) is 16.6 Å². The summed E-state index contributed by atoms with van der Waals surface area (Å²) >= 11 is 1.17. The number of carbonyl (C=O) groups excluding carboxylic acids is 2. The second-order valence-corrected chi connectivity index (χ2v) is 3.50. The Kier molecular flexibility index (Phi) is 3.05. The highest BCUT2D eigenvalue weighted by atomic mass is 32.1. The van der Waals surface area contributed by atoms with Gasteiger partial charge < -0.3 is 0 Å². The minimum absolute atomic E-state index is 0.0626. The van der Waals surface area contributed by atoms with E-state index < -0.39 is 23.9 Å². The molecule has 0 radical (unpaired) electrons. The number of ketones is 2. The van der Waals surface area contributed by atoms with Crippen molar-refractivity contribution in [2.24, 2.45) is 0 Å². The molecule has 1 aromatic heterocycles. The summed E-state index contributed by atoms with van der Waals surface area (Å²) < 4.78 is 24.8. The van der Waals surface area contributed by atoms with Crippen LogP contribution in [0.3, 0.4) is 0 Å². The average Bonchev–Trinajstić information content (AvgIpc) is 2.53. The summed E-state index contributed by atoms with van der Waals surface area (Å²) in [6.07, 6.45) is -0.798. The molecule has 6 heteroatoms. The van der Waals surface area contributed by atoms with E-state index in [1.165, 1.54) is 22.2 Å². The second-order valence-electron chi connectivity index (χ2n) is 2.79. The summed E-state index contributed by atoms with van der Waals surface area (Å²) in [6, 6.07) is 0. The van der Waals surface area contributed by atoms with E-state index >= 15 is 0 Å². The molecule has 0 aliphatic carbocycles. The van der Waals surface area contributed by atoms with Crippen LogP contribution < -0.4 is 0 Å². The topological polar surface area (TPSA) is 47.0 Å². The number of carbonyl (C=O) groups is 2. The van der Waals surface area contributed by atoms with Crippen molar-refractivity contribution in [3.63, 3.8) is 0 Å². The van der Waals surface area contributed by atoms with E-state index in [1.807, 2.05) is 0 Å². The number of rotatable bonds is 4. The van der Waals surface area contributed by atoms with E-state index in [-0.39, 0.29) is 5.69 Å². The highest BCUT2D eigenvalue weighted by molar-refractivity contribution is 7.07. The summed E-state index contributed by atoms with van der Waals surface area (Å²) in [6.45, 7) is 0.476. The molecule has 0 amide bonds. The molecule has 76 valence electrons. The fraction of sp³-hybridized carbons (Fsp3) is 0.375. The molecular weight excluding hydrogens is 212 g/mol. The quantitative estimate of drug-likeness (QED) is 0.574. The van der Waals surface area contributed by atoms with Crippen LogP contribution >= 0.6 is 11.3 Å². The Labute approximate surface area is 82.8 Å². The summed E-state index contributed by atoms with van der Waals surface area (Å²) in [4.78, 5) is 25.6. The molecule has 0 fully saturated rings. The van der Waals surface area contributed by atoms with E-state index in [0.29, 0.717) is 6.92 Å². The first-order chi connectivity index (χ1) is 6.41. The van der Waals surface area contributed by atoms with E-state index in [1.54, 1.807) is 0 Å². The van der Waals surface area contributed by atoms with Crippen LogP contribution in [0.2, 0.25) is 0 Å². The molecule has 0 aliphatic rings. The van der Waals surface area contributed by atoms with Gasteiger partial charge in [-0.25, -0.2) is 4.98 Å². The van der Waals surface area contributed by atoms with Gasteiger partial charge in [-0.2, -0.15) is 8.78 Å². The Morgan fingerprint density at radius 3 is 2.64 bits per heavy atom. The normalized spacial score (nSPS) is 11.4. The molecular formula is C8H7F2NO2S. The van der Waals surface area contributed by atoms with Gasteiger partial charge in [-0.1, -0.05) is 0 Å². The third kappa shape index (κ3) is 2.66. The smallest absolute Gasteiger partial charge is 0.292 e. The molecule has 0 atom stereocenters. The van der Waals surface area contributed by atoms with Crippen LogP contribution in [0.5, 0.6) is 0 Å². The Morgan fingerprint density at radius 2 is 2.21 bits per heavy atom. The van der Waals surface area contributed by atoms with Crippen LogP contribution in [0.25, 0.3) is 0 Å². The lowest BCUT2D eigenvalue weighted by atomic mass is 10.1. The van der Waals surface area contributed by atoms with E-state index in [9.17, 15) is 18.4 Å². The van der Waals surface area contributed by atoms with Gasteiger partial charge in [0.15, 0.2) is 5.78 Å². The zero-order chi connectivity index (χ0) is 10.8. The lowest BCUT2D eigenvalue weighted by Crippen LogP contribution is -2.26. The maximum absolute atomic E-state index is 12.4. The van der Waals surface area contributed by atoms with Crippen molar-refractivity contribution >= 4 is 22.9 Å². The van der Waals surface area contributed by atoms with Crippen molar-refractivity contribution < 1.29 is 18.4 Å². The summed E-state index contributed by atoms with van der Waals surface area (Å²) in [5, 5.41) is 1.42. The maximum atomic E-state index is 12.4. The zero-order valence-corrected chi connectivity index (χ0v) is 8.11. The molecule has 0 saturated carbocycles. The molecule has 14 heavy (non-hydrogen) atoms. The molecule has 0 saturated heterocycles. The molecule has 0 spiro atoms. The van der Waals surface area contributed by atoms with Gasteiger partial charge in [0.2, 0.25) is 5.78 Å². The number of thiazole rings is 1. The van der Waals surface area contributed by atoms with Crippen molar-refractivity contribution in [2.45, 2.75) is 19.3 Å². The largest absolute Gasteiger partial charge is 0.303 e. The monoisotopic (exact) mass is 219 g/mol. The first-order valence-electron chi connectivity index (χ1n) is 3.74. The van der Waals surface area contributed by atoms with E-state index in [4.69, 9.17) is 0 Å². The Hall–Kier alpha value is -1.17. The van der Waals surface area contributed by atoms with Crippen LogP contribution in [0.15, 0.2) is 10.9 Å². The van der Waals surface area contributed by atoms with Crippen molar-refractivity contribution in [1.29, 1.82) is 0 Å². The molecule has 0 unspecified atom stereocenters.